The third kappa shape index (κ3) is 3.75. The van der Waals surface area contributed by atoms with Gasteiger partial charge in [-0.25, -0.2) is 0 Å². The molecule has 4 rings (SSSR count). The SMILES string of the molecule is COc1ccc(C#N)cc1C1=CC2(CCCN(Cc3ccccc3)C2)OC1. The molecule has 0 radical (unpaired) electrons. The van der Waals surface area contributed by atoms with Crippen LogP contribution in [0.5, 0.6) is 5.75 Å². The lowest BCUT2D eigenvalue weighted by molar-refractivity contribution is -0.0328. The topological polar surface area (TPSA) is 45.5 Å². The van der Waals surface area contributed by atoms with Crippen molar-refractivity contribution >= 4 is 5.57 Å². The predicted octanol–water partition coefficient (Wildman–Crippen LogP) is 4.02. The van der Waals surface area contributed by atoms with Crippen molar-refractivity contribution in [2.75, 3.05) is 26.8 Å². The summed E-state index contributed by atoms with van der Waals surface area (Å²) in [5.41, 5.74) is 3.82. The number of benzene rings is 2. The van der Waals surface area contributed by atoms with E-state index in [9.17, 15) is 5.26 Å². The summed E-state index contributed by atoms with van der Waals surface area (Å²) in [5, 5.41) is 9.24. The Morgan fingerprint density at radius 3 is 2.85 bits per heavy atom. The molecule has 1 fully saturated rings. The van der Waals surface area contributed by atoms with Crippen molar-refractivity contribution in [2.45, 2.75) is 25.0 Å². The van der Waals surface area contributed by atoms with E-state index in [1.54, 1.807) is 13.2 Å². The van der Waals surface area contributed by atoms with Crippen molar-refractivity contribution in [3.05, 3.63) is 71.3 Å². The summed E-state index contributed by atoms with van der Waals surface area (Å²) in [7, 11) is 1.67. The maximum atomic E-state index is 9.24. The summed E-state index contributed by atoms with van der Waals surface area (Å²) in [6, 6.07) is 18.4. The molecule has 138 valence electrons. The summed E-state index contributed by atoms with van der Waals surface area (Å²) in [4.78, 5) is 2.47. The van der Waals surface area contributed by atoms with Gasteiger partial charge in [0.2, 0.25) is 0 Å². The Labute approximate surface area is 160 Å². The number of hydrogen-bond donors (Lipinski definition) is 0. The van der Waals surface area contributed by atoms with Crippen molar-refractivity contribution in [1.82, 2.24) is 4.90 Å². The Morgan fingerprint density at radius 2 is 2.07 bits per heavy atom. The molecule has 0 amide bonds. The van der Waals surface area contributed by atoms with Crippen molar-refractivity contribution < 1.29 is 9.47 Å². The molecule has 0 N–H and O–H groups in total. The fourth-order valence-corrected chi connectivity index (χ4v) is 4.16. The van der Waals surface area contributed by atoms with Gasteiger partial charge in [-0.05, 0) is 54.8 Å². The van der Waals surface area contributed by atoms with Crippen LogP contribution in [0.2, 0.25) is 0 Å². The highest BCUT2D eigenvalue weighted by Crippen LogP contribution is 2.39. The number of ether oxygens (including phenoxy) is 2. The Morgan fingerprint density at radius 1 is 1.22 bits per heavy atom. The van der Waals surface area contributed by atoms with Gasteiger partial charge in [0, 0.05) is 18.7 Å². The van der Waals surface area contributed by atoms with Gasteiger partial charge in [0.15, 0.2) is 0 Å². The van der Waals surface area contributed by atoms with Crippen LogP contribution in [0.4, 0.5) is 0 Å². The van der Waals surface area contributed by atoms with Crippen LogP contribution in [0.15, 0.2) is 54.6 Å². The number of methoxy groups -OCH3 is 1. The molecule has 0 saturated carbocycles. The third-order valence-electron chi connectivity index (χ3n) is 5.44. The van der Waals surface area contributed by atoms with E-state index in [2.05, 4.69) is 47.4 Å². The lowest BCUT2D eigenvalue weighted by Crippen LogP contribution is -2.46. The Hall–Kier alpha value is -2.61. The van der Waals surface area contributed by atoms with Gasteiger partial charge in [0.1, 0.15) is 11.4 Å². The first-order valence-electron chi connectivity index (χ1n) is 9.42. The second-order valence-electron chi connectivity index (χ2n) is 7.35. The average Bonchev–Trinajstić information content (AvgIpc) is 3.11. The summed E-state index contributed by atoms with van der Waals surface area (Å²) in [5.74, 6) is 0.790. The van der Waals surface area contributed by atoms with Crippen LogP contribution in [0.3, 0.4) is 0 Å². The van der Waals surface area contributed by atoms with Crippen molar-refractivity contribution in [3.63, 3.8) is 0 Å². The average molecular weight is 360 g/mol. The van der Waals surface area contributed by atoms with Gasteiger partial charge < -0.3 is 9.47 Å². The van der Waals surface area contributed by atoms with E-state index in [0.29, 0.717) is 12.2 Å². The maximum Gasteiger partial charge on any atom is 0.126 e. The molecule has 2 aromatic carbocycles. The Bertz CT molecular complexity index is 885. The molecule has 1 spiro atoms. The summed E-state index contributed by atoms with van der Waals surface area (Å²) < 4.78 is 11.8. The zero-order valence-corrected chi connectivity index (χ0v) is 15.6. The van der Waals surface area contributed by atoms with Crippen LogP contribution < -0.4 is 4.74 Å². The summed E-state index contributed by atoms with van der Waals surface area (Å²) in [6.07, 6.45) is 4.41. The van der Waals surface area contributed by atoms with Gasteiger partial charge in [0.25, 0.3) is 0 Å². The fourth-order valence-electron chi connectivity index (χ4n) is 4.16. The molecule has 2 aliphatic heterocycles. The molecule has 0 aromatic heterocycles. The smallest absolute Gasteiger partial charge is 0.126 e. The van der Waals surface area contributed by atoms with E-state index in [1.165, 1.54) is 5.56 Å². The first-order valence-corrected chi connectivity index (χ1v) is 9.42. The monoisotopic (exact) mass is 360 g/mol. The van der Waals surface area contributed by atoms with Crippen molar-refractivity contribution in [3.8, 4) is 11.8 Å². The second-order valence-corrected chi connectivity index (χ2v) is 7.35. The van der Waals surface area contributed by atoms with Crippen LogP contribution in [0.25, 0.3) is 5.57 Å². The van der Waals surface area contributed by atoms with Crippen LogP contribution >= 0.6 is 0 Å². The minimum Gasteiger partial charge on any atom is -0.496 e. The van der Waals surface area contributed by atoms with Crippen LogP contribution in [-0.2, 0) is 11.3 Å². The van der Waals surface area contributed by atoms with Gasteiger partial charge in [-0.1, -0.05) is 30.3 Å². The Kier molecular flexibility index (Phi) is 4.98. The normalized spacial score (nSPS) is 22.4. The van der Waals surface area contributed by atoms with Crippen LogP contribution in [0.1, 0.15) is 29.5 Å². The molecule has 2 aromatic rings. The van der Waals surface area contributed by atoms with Crippen molar-refractivity contribution in [2.24, 2.45) is 0 Å². The van der Waals surface area contributed by atoms with Gasteiger partial charge in [-0.15, -0.1) is 0 Å². The molecule has 2 aliphatic rings. The van der Waals surface area contributed by atoms with Gasteiger partial charge >= 0.3 is 0 Å². The first-order chi connectivity index (χ1) is 13.2. The van der Waals surface area contributed by atoms with E-state index < -0.39 is 0 Å². The first kappa shape index (κ1) is 17.8. The highest BCUT2D eigenvalue weighted by Gasteiger charge is 2.39. The van der Waals surface area contributed by atoms with E-state index in [4.69, 9.17) is 9.47 Å². The van der Waals surface area contributed by atoms with Gasteiger partial charge in [-0.3, -0.25) is 4.90 Å². The summed E-state index contributed by atoms with van der Waals surface area (Å²) >= 11 is 0. The second kappa shape index (κ2) is 7.56. The molecular formula is C23H24N2O2. The largest absolute Gasteiger partial charge is 0.496 e. The van der Waals surface area contributed by atoms with Gasteiger partial charge in [0.05, 0.1) is 25.3 Å². The molecular weight excluding hydrogens is 336 g/mol. The van der Waals surface area contributed by atoms with Crippen LogP contribution in [0, 0.1) is 11.3 Å². The number of likely N-dealkylation sites (tertiary alicyclic amines) is 1. The number of hydrogen-bond acceptors (Lipinski definition) is 4. The number of nitriles is 1. The highest BCUT2D eigenvalue weighted by molar-refractivity contribution is 5.74. The minimum absolute atomic E-state index is 0.240. The van der Waals surface area contributed by atoms with E-state index in [1.807, 2.05) is 12.1 Å². The fraction of sp³-hybridized carbons (Fsp3) is 0.348. The molecule has 0 bridgehead atoms. The minimum atomic E-state index is -0.240. The van der Waals surface area contributed by atoms with E-state index in [-0.39, 0.29) is 5.60 Å². The zero-order valence-electron chi connectivity index (χ0n) is 15.6. The Balaban J connectivity index is 1.56. The molecule has 1 unspecified atom stereocenters. The molecule has 27 heavy (non-hydrogen) atoms. The molecule has 4 heteroatoms. The molecule has 1 atom stereocenters. The number of nitrogens with zero attached hydrogens (tertiary/aromatic N) is 2. The number of rotatable bonds is 4. The maximum absolute atomic E-state index is 9.24. The lowest BCUT2D eigenvalue weighted by Gasteiger charge is -2.38. The number of piperidine rings is 1. The van der Waals surface area contributed by atoms with E-state index in [0.717, 1.165) is 49.4 Å². The van der Waals surface area contributed by atoms with Crippen molar-refractivity contribution in [1.29, 1.82) is 5.26 Å². The lowest BCUT2D eigenvalue weighted by atomic mass is 9.90. The molecule has 4 nitrogen and oxygen atoms in total. The molecule has 0 aliphatic carbocycles. The zero-order chi connectivity index (χ0) is 18.7. The summed E-state index contributed by atoms with van der Waals surface area (Å²) in [6.45, 7) is 3.49. The molecule has 2 heterocycles. The predicted molar refractivity (Wildman–Crippen MR) is 105 cm³/mol. The highest BCUT2D eigenvalue weighted by atomic mass is 16.5. The third-order valence-corrected chi connectivity index (χ3v) is 5.44. The van der Waals surface area contributed by atoms with Gasteiger partial charge in [-0.2, -0.15) is 5.26 Å². The van der Waals surface area contributed by atoms with E-state index >= 15 is 0 Å². The standard InChI is InChI=1S/C23H24N2O2/c1-26-22-9-8-19(14-24)12-21(22)20-13-23(27-16-20)10-5-11-25(17-23)15-18-6-3-2-4-7-18/h2-4,6-9,12-13H,5,10-11,15-17H2,1H3. The van der Waals surface area contributed by atoms with Crippen LogP contribution in [-0.4, -0.2) is 37.3 Å². The molecule has 1 saturated heterocycles. The quantitative estimate of drug-likeness (QED) is 0.826.